The van der Waals surface area contributed by atoms with Gasteiger partial charge in [0, 0.05) is 12.7 Å². The van der Waals surface area contributed by atoms with Gasteiger partial charge in [0.15, 0.2) is 0 Å². The van der Waals surface area contributed by atoms with Crippen LogP contribution in [0.25, 0.3) is 0 Å². The van der Waals surface area contributed by atoms with Gasteiger partial charge >= 0.3 is 5.69 Å². The van der Waals surface area contributed by atoms with Crippen LogP contribution in [-0.4, -0.2) is 16.2 Å². The van der Waals surface area contributed by atoms with Crippen molar-refractivity contribution in [3.63, 3.8) is 0 Å². The van der Waals surface area contributed by atoms with Gasteiger partial charge in [0.05, 0.1) is 0 Å². The van der Waals surface area contributed by atoms with E-state index in [4.69, 9.17) is 5.73 Å². The van der Waals surface area contributed by atoms with Crippen molar-refractivity contribution < 1.29 is 0 Å². The molecule has 5 heteroatoms. The minimum Gasteiger partial charge on any atom is -0.383 e. The summed E-state index contributed by atoms with van der Waals surface area (Å²) in [4.78, 5) is 14.7. The van der Waals surface area contributed by atoms with Gasteiger partial charge in [-0.15, -0.1) is 0 Å². The second-order valence-electron chi connectivity index (χ2n) is 2.77. The van der Waals surface area contributed by atoms with E-state index in [1.807, 2.05) is 0 Å². The SMILES string of the molecule is CCCCNn1ccc(N)nc1=O. The van der Waals surface area contributed by atoms with Crippen molar-refractivity contribution in [1.82, 2.24) is 9.66 Å². The molecular formula is C8H14N4O. The lowest BCUT2D eigenvalue weighted by Gasteiger charge is -2.06. The highest BCUT2D eigenvalue weighted by molar-refractivity contribution is 5.23. The normalized spacial score (nSPS) is 9.92. The van der Waals surface area contributed by atoms with Crippen molar-refractivity contribution in [3.8, 4) is 0 Å². The molecule has 1 heterocycles. The van der Waals surface area contributed by atoms with Crippen LogP contribution in [0.3, 0.4) is 0 Å². The Morgan fingerprint density at radius 1 is 1.69 bits per heavy atom. The molecule has 0 aromatic carbocycles. The summed E-state index contributed by atoms with van der Waals surface area (Å²) in [6, 6.07) is 1.58. The van der Waals surface area contributed by atoms with Crippen LogP contribution in [0.4, 0.5) is 5.82 Å². The third-order valence-electron chi connectivity index (χ3n) is 1.64. The number of nitrogens with two attached hydrogens (primary N) is 1. The maximum absolute atomic E-state index is 11.1. The average molecular weight is 182 g/mol. The Kier molecular flexibility index (Phi) is 3.31. The zero-order chi connectivity index (χ0) is 9.68. The summed E-state index contributed by atoms with van der Waals surface area (Å²) < 4.78 is 1.34. The Morgan fingerprint density at radius 3 is 3.08 bits per heavy atom. The average Bonchev–Trinajstić information content (AvgIpc) is 2.09. The molecule has 0 bridgehead atoms. The lowest BCUT2D eigenvalue weighted by molar-refractivity contribution is 0.720. The first-order valence-corrected chi connectivity index (χ1v) is 4.33. The predicted octanol–water partition coefficient (Wildman–Crippen LogP) is 0.169. The molecule has 3 N–H and O–H groups in total. The van der Waals surface area contributed by atoms with Gasteiger partial charge in [-0.2, -0.15) is 4.98 Å². The number of nitrogen functional groups attached to an aromatic ring is 1. The van der Waals surface area contributed by atoms with Crippen LogP contribution in [0.15, 0.2) is 17.1 Å². The number of nitrogens with zero attached hydrogens (tertiary/aromatic N) is 2. The molecule has 0 radical (unpaired) electrons. The van der Waals surface area contributed by atoms with Gasteiger partial charge in [0.25, 0.3) is 0 Å². The van der Waals surface area contributed by atoms with Gasteiger partial charge in [-0.3, -0.25) is 0 Å². The first kappa shape index (κ1) is 9.57. The Bertz CT molecular complexity index is 320. The molecular weight excluding hydrogens is 168 g/mol. The van der Waals surface area contributed by atoms with E-state index in [9.17, 15) is 4.79 Å². The van der Waals surface area contributed by atoms with Gasteiger partial charge in [-0.1, -0.05) is 13.3 Å². The molecule has 0 fully saturated rings. The molecule has 0 aliphatic heterocycles. The van der Waals surface area contributed by atoms with Crippen molar-refractivity contribution in [3.05, 3.63) is 22.7 Å². The molecule has 0 aliphatic carbocycles. The Morgan fingerprint density at radius 2 is 2.46 bits per heavy atom. The fourth-order valence-electron chi connectivity index (χ4n) is 0.913. The van der Waals surface area contributed by atoms with Gasteiger partial charge in [-0.05, 0) is 12.5 Å². The maximum Gasteiger partial charge on any atom is 0.367 e. The van der Waals surface area contributed by atoms with Crippen LogP contribution >= 0.6 is 0 Å². The zero-order valence-corrected chi connectivity index (χ0v) is 7.66. The largest absolute Gasteiger partial charge is 0.383 e. The summed E-state index contributed by atoms with van der Waals surface area (Å²) in [7, 11) is 0. The Balaban J connectivity index is 2.62. The Hall–Kier alpha value is -1.52. The van der Waals surface area contributed by atoms with Crippen molar-refractivity contribution in [2.45, 2.75) is 19.8 Å². The third kappa shape index (κ3) is 2.77. The van der Waals surface area contributed by atoms with E-state index in [2.05, 4.69) is 17.3 Å². The molecule has 0 saturated carbocycles. The predicted molar refractivity (Wildman–Crippen MR) is 52.0 cm³/mol. The lowest BCUT2D eigenvalue weighted by atomic mass is 10.3. The zero-order valence-electron chi connectivity index (χ0n) is 7.66. The van der Waals surface area contributed by atoms with Crippen LogP contribution in [0.1, 0.15) is 19.8 Å². The van der Waals surface area contributed by atoms with E-state index >= 15 is 0 Å². The second kappa shape index (κ2) is 4.49. The van der Waals surface area contributed by atoms with E-state index in [1.165, 1.54) is 4.68 Å². The van der Waals surface area contributed by atoms with Gasteiger partial charge in [0.1, 0.15) is 5.82 Å². The highest BCUT2D eigenvalue weighted by Gasteiger charge is 1.94. The molecule has 72 valence electrons. The summed E-state index contributed by atoms with van der Waals surface area (Å²) in [5, 5.41) is 0. The summed E-state index contributed by atoms with van der Waals surface area (Å²) in [5.41, 5.74) is 7.89. The number of aromatic nitrogens is 2. The Labute approximate surface area is 76.6 Å². The van der Waals surface area contributed by atoms with Crippen LogP contribution in [-0.2, 0) is 0 Å². The van der Waals surface area contributed by atoms with Gasteiger partial charge in [-0.25, -0.2) is 9.47 Å². The van der Waals surface area contributed by atoms with Crippen LogP contribution in [0.5, 0.6) is 0 Å². The summed E-state index contributed by atoms with van der Waals surface area (Å²) in [5.74, 6) is 0.249. The number of unbranched alkanes of at least 4 members (excludes halogenated alkanes) is 1. The van der Waals surface area contributed by atoms with Crippen molar-refractivity contribution in [2.24, 2.45) is 0 Å². The molecule has 1 aromatic rings. The van der Waals surface area contributed by atoms with Crippen molar-refractivity contribution in [2.75, 3.05) is 17.7 Å². The van der Waals surface area contributed by atoms with E-state index in [0.717, 1.165) is 19.4 Å². The summed E-state index contributed by atoms with van der Waals surface area (Å²) in [6.07, 6.45) is 3.70. The molecule has 13 heavy (non-hydrogen) atoms. The first-order valence-electron chi connectivity index (χ1n) is 4.33. The molecule has 0 aliphatic rings. The number of hydrogen-bond donors (Lipinski definition) is 2. The molecule has 0 saturated heterocycles. The summed E-state index contributed by atoms with van der Waals surface area (Å²) >= 11 is 0. The van der Waals surface area contributed by atoms with Crippen LogP contribution in [0, 0.1) is 0 Å². The van der Waals surface area contributed by atoms with E-state index in [0.29, 0.717) is 0 Å². The van der Waals surface area contributed by atoms with Crippen LogP contribution < -0.4 is 16.8 Å². The number of rotatable bonds is 4. The van der Waals surface area contributed by atoms with E-state index in [-0.39, 0.29) is 11.5 Å². The van der Waals surface area contributed by atoms with E-state index in [1.54, 1.807) is 12.3 Å². The van der Waals surface area contributed by atoms with Gasteiger partial charge < -0.3 is 11.2 Å². The van der Waals surface area contributed by atoms with Crippen molar-refractivity contribution in [1.29, 1.82) is 0 Å². The fraction of sp³-hybridized carbons (Fsp3) is 0.500. The fourth-order valence-corrected chi connectivity index (χ4v) is 0.913. The first-order chi connectivity index (χ1) is 6.24. The van der Waals surface area contributed by atoms with Crippen LogP contribution in [0.2, 0.25) is 0 Å². The molecule has 1 rings (SSSR count). The molecule has 0 spiro atoms. The molecule has 0 amide bonds. The highest BCUT2D eigenvalue weighted by atomic mass is 16.1. The van der Waals surface area contributed by atoms with Crippen molar-refractivity contribution >= 4 is 5.82 Å². The number of anilines is 1. The smallest absolute Gasteiger partial charge is 0.367 e. The quantitative estimate of drug-likeness (QED) is 0.651. The third-order valence-corrected chi connectivity index (χ3v) is 1.64. The number of hydrogen-bond acceptors (Lipinski definition) is 4. The standard InChI is InChI=1S/C8H14N4O/c1-2-3-5-10-12-6-4-7(9)11-8(12)13/h4,6,10H,2-3,5H2,1H3,(H2,9,11,13). The monoisotopic (exact) mass is 182 g/mol. The molecule has 5 nitrogen and oxygen atoms in total. The molecule has 0 atom stereocenters. The molecule has 1 aromatic heterocycles. The van der Waals surface area contributed by atoms with Gasteiger partial charge in [0.2, 0.25) is 0 Å². The van der Waals surface area contributed by atoms with E-state index < -0.39 is 0 Å². The highest BCUT2D eigenvalue weighted by Crippen LogP contribution is 1.88. The summed E-state index contributed by atoms with van der Waals surface area (Å²) in [6.45, 7) is 2.85. The molecule has 0 unspecified atom stereocenters. The topological polar surface area (TPSA) is 72.9 Å². The minimum absolute atomic E-state index is 0.249. The number of nitrogens with one attached hydrogen (secondary N) is 1. The lowest BCUT2D eigenvalue weighted by Crippen LogP contribution is -2.31. The minimum atomic E-state index is -0.365. The second-order valence-corrected chi connectivity index (χ2v) is 2.77. The maximum atomic E-state index is 11.1.